The molecule has 0 aromatic heterocycles. The molecule has 0 saturated carbocycles. The van der Waals surface area contributed by atoms with Gasteiger partial charge in [0.2, 0.25) is 0 Å². The molecule has 0 spiro atoms. The van der Waals surface area contributed by atoms with Gasteiger partial charge in [0.15, 0.2) is 0 Å². The number of esters is 1. The maximum absolute atomic E-state index is 11.5. The standard InChI is InChI=1S/C12H16N2O5/c1-8(2)11(17)19-7-5-4-6-14-10(16)9(15)13(3)12(14)18/h1,4-7H2,2-3H3. The molecule has 1 saturated heterocycles. The average molecular weight is 268 g/mol. The Morgan fingerprint density at radius 2 is 1.84 bits per heavy atom. The number of hydrogen-bond acceptors (Lipinski definition) is 5. The molecule has 0 atom stereocenters. The fraction of sp³-hybridized carbons (Fsp3) is 0.500. The Labute approximate surface area is 110 Å². The predicted octanol–water partition coefficient (Wildman–Crippen LogP) is 0.306. The molecule has 1 heterocycles. The van der Waals surface area contributed by atoms with E-state index in [0.29, 0.717) is 18.4 Å². The minimum absolute atomic E-state index is 0.137. The Balaban J connectivity index is 2.29. The van der Waals surface area contributed by atoms with Gasteiger partial charge >= 0.3 is 23.8 Å². The number of rotatable bonds is 6. The van der Waals surface area contributed by atoms with Crippen molar-refractivity contribution < 1.29 is 23.9 Å². The van der Waals surface area contributed by atoms with E-state index in [9.17, 15) is 19.2 Å². The number of ether oxygens (including phenoxy) is 1. The fourth-order valence-electron chi connectivity index (χ4n) is 1.47. The van der Waals surface area contributed by atoms with Crippen LogP contribution in [0.15, 0.2) is 12.2 Å². The minimum atomic E-state index is -0.821. The molecule has 0 aliphatic carbocycles. The third-order valence-electron chi connectivity index (χ3n) is 2.61. The highest BCUT2D eigenvalue weighted by atomic mass is 16.5. The van der Waals surface area contributed by atoms with Gasteiger partial charge in [-0.1, -0.05) is 6.58 Å². The van der Waals surface area contributed by atoms with Crippen LogP contribution in [0.4, 0.5) is 4.79 Å². The van der Waals surface area contributed by atoms with Crippen LogP contribution >= 0.6 is 0 Å². The van der Waals surface area contributed by atoms with E-state index in [-0.39, 0.29) is 13.2 Å². The number of carbonyl (C=O) groups excluding carboxylic acids is 4. The summed E-state index contributed by atoms with van der Waals surface area (Å²) in [5, 5.41) is 0. The molecule has 19 heavy (non-hydrogen) atoms. The van der Waals surface area contributed by atoms with Gasteiger partial charge in [-0.15, -0.1) is 0 Å². The number of carbonyl (C=O) groups is 4. The van der Waals surface area contributed by atoms with Crippen molar-refractivity contribution in [2.75, 3.05) is 20.2 Å². The van der Waals surface area contributed by atoms with Gasteiger partial charge in [-0.05, 0) is 19.8 Å². The maximum atomic E-state index is 11.5. The topological polar surface area (TPSA) is 84.0 Å². The quantitative estimate of drug-likeness (QED) is 0.227. The zero-order chi connectivity index (χ0) is 14.6. The molecule has 1 aliphatic heterocycles. The predicted molar refractivity (Wildman–Crippen MR) is 64.9 cm³/mol. The molecule has 1 rings (SSSR count). The number of hydrogen-bond donors (Lipinski definition) is 0. The zero-order valence-corrected chi connectivity index (χ0v) is 11.0. The van der Waals surface area contributed by atoms with Gasteiger partial charge in [0.1, 0.15) is 0 Å². The van der Waals surface area contributed by atoms with E-state index in [2.05, 4.69) is 6.58 Å². The second-order valence-corrected chi connectivity index (χ2v) is 4.23. The van der Waals surface area contributed by atoms with Gasteiger partial charge in [0.05, 0.1) is 6.61 Å². The number of unbranched alkanes of at least 4 members (excludes halogenated alkanes) is 1. The van der Waals surface area contributed by atoms with Crippen LogP contribution in [0.1, 0.15) is 19.8 Å². The van der Waals surface area contributed by atoms with Crippen LogP contribution in [-0.4, -0.2) is 53.8 Å². The first kappa shape index (κ1) is 14.9. The summed E-state index contributed by atoms with van der Waals surface area (Å²) in [6.45, 7) is 5.31. The number of likely N-dealkylation sites (N-methyl/N-ethyl adjacent to an activating group) is 1. The second-order valence-electron chi connectivity index (χ2n) is 4.23. The molecular formula is C12H16N2O5. The smallest absolute Gasteiger partial charge is 0.333 e. The molecule has 7 nitrogen and oxygen atoms in total. The summed E-state index contributed by atoms with van der Waals surface area (Å²) in [5.74, 6) is -2.10. The van der Waals surface area contributed by atoms with Crippen LogP contribution in [0.25, 0.3) is 0 Å². The lowest BCUT2D eigenvalue weighted by molar-refractivity contribution is -0.142. The molecule has 104 valence electrons. The van der Waals surface area contributed by atoms with Crippen molar-refractivity contribution in [1.29, 1.82) is 0 Å². The molecule has 1 aliphatic rings. The highest BCUT2D eigenvalue weighted by Crippen LogP contribution is 2.10. The number of imide groups is 2. The third kappa shape index (κ3) is 3.40. The van der Waals surface area contributed by atoms with Crippen molar-refractivity contribution in [1.82, 2.24) is 9.80 Å². The highest BCUT2D eigenvalue weighted by molar-refractivity contribution is 6.44. The van der Waals surface area contributed by atoms with Crippen molar-refractivity contribution in [3.05, 3.63) is 12.2 Å². The molecule has 0 unspecified atom stereocenters. The van der Waals surface area contributed by atoms with Crippen LogP contribution in [0, 0.1) is 0 Å². The first-order valence-corrected chi connectivity index (χ1v) is 5.82. The Morgan fingerprint density at radius 1 is 1.21 bits per heavy atom. The van der Waals surface area contributed by atoms with E-state index < -0.39 is 23.8 Å². The molecule has 0 radical (unpaired) electrons. The molecule has 0 aromatic rings. The van der Waals surface area contributed by atoms with Crippen molar-refractivity contribution in [2.45, 2.75) is 19.8 Å². The summed E-state index contributed by atoms with van der Waals surface area (Å²) < 4.78 is 4.86. The number of nitrogens with zero attached hydrogens (tertiary/aromatic N) is 2. The lowest BCUT2D eigenvalue weighted by Crippen LogP contribution is -2.32. The average Bonchev–Trinajstić information content (AvgIpc) is 2.55. The second kappa shape index (κ2) is 6.12. The van der Waals surface area contributed by atoms with Gasteiger partial charge in [-0.2, -0.15) is 0 Å². The molecule has 0 N–H and O–H groups in total. The summed E-state index contributed by atoms with van der Waals surface area (Å²) in [7, 11) is 1.26. The number of amides is 4. The third-order valence-corrected chi connectivity index (χ3v) is 2.61. The molecule has 0 aromatic carbocycles. The first-order valence-electron chi connectivity index (χ1n) is 5.82. The summed E-state index contributed by atoms with van der Waals surface area (Å²) in [4.78, 5) is 46.9. The molecule has 7 heteroatoms. The van der Waals surface area contributed by atoms with Gasteiger partial charge in [-0.25, -0.2) is 9.59 Å². The SMILES string of the molecule is C=C(C)C(=O)OCCCCN1C(=O)C(=O)N(C)C1=O. The Morgan fingerprint density at radius 3 is 2.32 bits per heavy atom. The van der Waals surface area contributed by atoms with Gasteiger partial charge < -0.3 is 4.74 Å². The Kier molecular flexibility index (Phi) is 4.80. The monoisotopic (exact) mass is 268 g/mol. The lowest BCUT2D eigenvalue weighted by Gasteiger charge is -2.12. The van der Waals surface area contributed by atoms with Crippen molar-refractivity contribution in [3.8, 4) is 0 Å². The van der Waals surface area contributed by atoms with Crippen LogP contribution in [0.3, 0.4) is 0 Å². The normalized spacial score (nSPS) is 15.2. The van der Waals surface area contributed by atoms with Gasteiger partial charge in [0, 0.05) is 19.2 Å². The van der Waals surface area contributed by atoms with Crippen LogP contribution < -0.4 is 0 Å². The van der Waals surface area contributed by atoms with Crippen molar-refractivity contribution >= 4 is 23.8 Å². The van der Waals surface area contributed by atoms with E-state index in [0.717, 1.165) is 9.80 Å². The number of urea groups is 1. The van der Waals surface area contributed by atoms with E-state index >= 15 is 0 Å². The summed E-state index contributed by atoms with van der Waals surface area (Å²) in [6.07, 6.45) is 0.954. The van der Waals surface area contributed by atoms with Crippen LogP contribution in [-0.2, 0) is 19.1 Å². The molecule has 1 fully saturated rings. The van der Waals surface area contributed by atoms with Gasteiger partial charge in [0.25, 0.3) is 0 Å². The molecule has 0 bridgehead atoms. The van der Waals surface area contributed by atoms with Crippen LogP contribution in [0.5, 0.6) is 0 Å². The van der Waals surface area contributed by atoms with Gasteiger partial charge in [-0.3, -0.25) is 19.4 Å². The Bertz CT molecular complexity index is 443. The summed E-state index contributed by atoms with van der Waals surface area (Å²) >= 11 is 0. The highest BCUT2D eigenvalue weighted by Gasteiger charge is 2.41. The van der Waals surface area contributed by atoms with E-state index in [1.807, 2.05) is 0 Å². The molecular weight excluding hydrogens is 252 g/mol. The Hall–Kier alpha value is -2.18. The minimum Gasteiger partial charge on any atom is -0.462 e. The zero-order valence-electron chi connectivity index (χ0n) is 11.0. The van der Waals surface area contributed by atoms with Crippen LogP contribution in [0.2, 0.25) is 0 Å². The lowest BCUT2D eigenvalue weighted by atomic mass is 10.3. The van der Waals surface area contributed by atoms with E-state index in [4.69, 9.17) is 4.74 Å². The first-order chi connectivity index (χ1) is 8.86. The summed E-state index contributed by atoms with van der Waals surface area (Å²) in [5.41, 5.74) is 0.317. The van der Waals surface area contributed by atoms with E-state index in [1.54, 1.807) is 6.92 Å². The van der Waals surface area contributed by atoms with Crippen molar-refractivity contribution in [2.24, 2.45) is 0 Å². The maximum Gasteiger partial charge on any atom is 0.333 e. The summed E-state index contributed by atoms with van der Waals surface area (Å²) in [6, 6.07) is -0.617. The molecule has 4 amide bonds. The van der Waals surface area contributed by atoms with E-state index in [1.165, 1.54) is 7.05 Å². The fourth-order valence-corrected chi connectivity index (χ4v) is 1.47. The largest absolute Gasteiger partial charge is 0.462 e. The van der Waals surface area contributed by atoms with Crippen molar-refractivity contribution in [3.63, 3.8) is 0 Å².